The molecule has 2 heterocycles. The zero-order chi connectivity index (χ0) is 12.8. The molecule has 0 atom stereocenters. The highest BCUT2D eigenvalue weighted by molar-refractivity contribution is 5.39. The van der Waals surface area contributed by atoms with Gasteiger partial charge in [-0.25, -0.2) is 4.98 Å². The Morgan fingerprint density at radius 3 is 2.56 bits per heavy atom. The molecule has 1 fully saturated rings. The number of piperazine rings is 1. The predicted octanol–water partition coefficient (Wildman–Crippen LogP) is 0.0447. The number of aliphatic hydroxyl groups excluding tert-OH is 1. The maximum absolute atomic E-state index is 8.82. The van der Waals surface area contributed by atoms with Gasteiger partial charge in [0.05, 0.1) is 0 Å². The Bertz CT molecular complexity index is 347. The molecular weight excluding hydrogens is 228 g/mol. The lowest BCUT2D eigenvalue weighted by atomic mass is 10.2. The van der Waals surface area contributed by atoms with Crippen LogP contribution < -0.4 is 10.6 Å². The average Bonchev–Trinajstić information content (AvgIpc) is 2.46. The summed E-state index contributed by atoms with van der Waals surface area (Å²) in [5.74, 6) is 1.04. The molecule has 100 valence electrons. The minimum atomic E-state index is 0.280. The molecule has 0 spiro atoms. The largest absolute Gasteiger partial charge is 0.396 e. The van der Waals surface area contributed by atoms with Gasteiger partial charge in [0.25, 0.3) is 0 Å². The number of rotatable bonds is 5. The fraction of sp³-hybridized carbons (Fsp3) is 0.615. The van der Waals surface area contributed by atoms with E-state index in [1.165, 1.54) is 0 Å². The second kappa shape index (κ2) is 6.68. The van der Waals surface area contributed by atoms with E-state index in [0.29, 0.717) is 6.54 Å². The summed E-state index contributed by atoms with van der Waals surface area (Å²) in [6.45, 7) is 5.90. The fourth-order valence-electron chi connectivity index (χ4n) is 2.22. The van der Waals surface area contributed by atoms with E-state index in [2.05, 4.69) is 14.8 Å². The molecule has 18 heavy (non-hydrogen) atoms. The molecule has 0 amide bonds. The molecule has 0 unspecified atom stereocenters. The quantitative estimate of drug-likeness (QED) is 0.773. The number of anilines is 1. The molecular formula is C13H22N4O. The third-order valence-corrected chi connectivity index (χ3v) is 3.37. The van der Waals surface area contributed by atoms with E-state index < -0.39 is 0 Å². The molecule has 3 N–H and O–H groups in total. The van der Waals surface area contributed by atoms with Crippen molar-refractivity contribution in [1.29, 1.82) is 0 Å². The van der Waals surface area contributed by atoms with Crippen LogP contribution in [0.1, 0.15) is 12.0 Å². The molecule has 1 saturated heterocycles. The Labute approximate surface area is 108 Å². The van der Waals surface area contributed by atoms with E-state index in [-0.39, 0.29) is 6.61 Å². The number of pyridine rings is 1. The maximum Gasteiger partial charge on any atom is 0.128 e. The molecule has 5 heteroatoms. The monoisotopic (exact) mass is 250 g/mol. The number of hydrogen-bond acceptors (Lipinski definition) is 5. The van der Waals surface area contributed by atoms with E-state index >= 15 is 0 Å². The highest BCUT2D eigenvalue weighted by atomic mass is 16.3. The zero-order valence-electron chi connectivity index (χ0n) is 10.8. The van der Waals surface area contributed by atoms with Gasteiger partial charge in [-0.2, -0.15) is 0 Å². The van der Waals surface area contributed by atoms with Gasteiger partial charge >= 0.3 is 0 Å². The molecule has 0 saturated carbocycles. The van der Waals surface area contributed by atoms with Gasteiger partial charge in [-0.3, -0.25) is 4.90 Å². The zero-order valence-corrected chi connectivity index (χ0v) is 10.8. The van der Waals surface area contributed by atoms with E-state index in [0.717, 1.165) is 50.5 Å². The van der Waals surface area contributed by atoms with Crippen molar-refractivity contribution in [2.24, 2.45) is 5.73 Å². The molecule has 0 radical (unpaired) electrons. The minimum Gasteiger partial charge on any atom is -0.396 e. The van der Waals surface area contributed by atoms with E-state index in [1.54, 1.807) is 0 Å². The van der Waals surface area contributed by atoms with Crippen LogP contribution in [0.4, 0.5) is 5.82 Å². The number of aliphatic hydroxyl groups is 1. The lowest BCUT2D eigenvalue weighted by Crippen LogP contribution is -2.47. The van der Waals surface area contributed by atoms with Crippen LogP contribution in [0, 0.1) is 0 Å². The molecule has 0 aliphatic carbocycles. The van der Waals surface area contributed by atoms with Crippen LogP contribution >= 0.6 is 0 Å². The third kappa shape index (κ3) is 3.41. The molecule has 5 nitrogen and oxygen atoms in total. The average molecular weight is 250 g/mol. The lowest BCUT2D eigenvalue weighted by Gasteiger charge is -2.35. The Morgan fingerprint density at radius 2 is 2.00 bits per heavy atom. The summed E-state index contributed by atoms with van der Waals surface area (Å²) in [7, 11) is 0. The van der Waals surface area contributed by atoms with Crippen LogP contribution in [0.2, 0.25) is 0 Å². The summed E-state index contributed by atoms with van der Waals surface area (Å²) in [6.07, 6.45) is 2.72. The van der Waals surface area contributed by atoms with Gasteiger partial charge in [0.15, 0.2) is 0 Å². The van der Waals surface area contributed by atoms with Crippen molar-refractivity contribution in [2.75, 3.05) is 44.2 Å². The van der Waals surface area contributed by atoms with Gasteiger partial charge in [0.2, 0.25) is 0 Å². The Kier molecular flexibility index (Phi) is 4.92. The molecule has 1 aromatic heterocycles. The van der Waals surface area contributed by atoms with E-state index in [4.69, 9.17) is 10.8 Å². The minimum absolute atomic E-state index is 0.280. The number of aromatic nitrogens is 1. The first-order chi connectivity index (χ1) is 8.83. The standard InChI is InChI=1S/C13H22N4O/c14-10-12-2-3-13(15-11-12)17-7-5-16(6-8-17)4-1-9-18/h2-3,11,18H,1,4-10,14H2. The molecule has 1 aliphatic heterocycles. The van der Waals surface area contributed by atoms with Crippen molar-refractivity contribution in [3.63, 3.8) is 0 Å². The fourth-order valence-corrected chi connectivity index (χ4v) is 2.22. The van der Waals surface area contributed by atoms with Gasteiger partial charge in [-0.1, -0.05) is 6.07 Å². The maximum atomic E-state index is 8.82. The van der Waals surface area contributed by atoms with Crippen molar-refractivity contribution in [3.8, 4) is 0 Å². The topological polar surface area (TPSA) is 65.6 Å². The summed E-state index contributed by atoms with van der Waals surface area (Å²) >= 11 is 0. The SMILES string of the molecule is NCc1ccc(N2CCN(CCCO)CC2)nc1. The summed E-state index contributed by atoms with van der Waals surface area (Å²) in [5.41, 5.74) is 6.63. The van der Waals surface area contributed by atoms with Crippen molar-refractivity contribution >= 4 is 5.82 Å². The highest BCUT2D eigenvalue weighted by Crippen LogP contribution is 2.14. The highest BCUT2D eigenvalue weighted by Gasteiger charge is 2.17. The number of nitrogens with zero attached hydrogens (tertiary/aromatic N) is 3. The summed E-state index contributed by atoms with van der Waals surface area (Å²) in [4.78, 5) is 9.14. The second-order valence-corrected chi connectivity index (χ2v) is 4.63. The van der Waals surface area contributed by atoms with Gasteiger partial charge < -0.3 is 15.7 Å². The second-order valence-electron chi connectivity index (χ2n) is 4.63. The molecule has 0 aromatic carbocycles. The third-order valence-electron chi connectivity index (χ3n) is 3.37. The van der Waals surface area contributed by atoms with Gasteiger partial charge in [0.1, 0.15) is 5.82 Å². The first kappa shape index (κ1) is 13.3. The van der Waals surface area contributed by atoms with Gasteiger partial charge in [-0.05, 0) is 18.1 Å². The van der Waals surface area contributed by atoms with Gasteiger partial charge in [0, 0.05) is 52.1 Å². The van der Waals surface area contributed by atoms with Crippen molar-refractivity contribution in [2.45, 2.75) is 13.0 Å². The van der Waals surface area contributed by atoms with Crippen LogP contribution in [0.15, 0.2) is 18.3 Å². The summed E-state index contributed by atoms with van der Waals surface area (Å²) < 4.78 is 0. The van der Waals surface area contributed by atoms with Crippen molar-refractivity contribution < 1.29 is 5.11 Å². The van der Waals surface area contributed by atoms with Crippen LogP contribution in [0.5, 0.6) is 0 Å². The summed E-state index contributed by atoms with van der Waals surface area (Å²) in [5, 5.41) is 8.82. The first-order valence-corrected chi connectivity index (χ1v) is 6.56. The predicted molar refractivity (Wildman–Crippen MR) is 72.5 cm³/mol. The van der Waals surface area contributed by atoms with Crippen molar-refractivity contribution in [3.05, 3.63) is 23.9 Å². The Morgan fingerprint density at radius 1 is 1.22 bits per heavy atom. The van der Waals surface area contributed by atoms with Gasteiger partial charge in [-0.15, -0.1) is 0 Å². The molecule has 2 rings (SSSR count). The Hall–Kier alpha value is -1.17. The molecule has 1 aromatic rings. The first-order valence-electron chi connectivity index (χ1n) is 6.56. The van der Waals surface area contributed by atoms with Crippen molar-refractivity contribution in [1.82, 2.24) is 9.88 Å². The smallest absolute Gasteiger partial charge is 0.128 e. The van der Waals surface area contributed by atoms with E-state index in [9.17, 15) is 0 Å². The van der Waals surface area contributed by atoms with Crippen LogP contribution in [-0.4, -0.2) is 54.3 Å². The van der Waals surface area contributed by atoms with Crippen LogP contribution in [0.3, 0.4) is 0 Å². The normalized spacial score (nSPS) is 17.1. The summed E-state index contributed by atoms with van der Waals surface area (Å²) in [6, 6.07) is 4.09. The number of hydrogen-bond donors (Lipinski definition) is 2. The molecule has 0 bridgehead atoms. The molecule has 1 aliphatic rings. The van der Waals surface area contributed by atoms with Crippen LogP contribution in [0.25, 0.3) is 0 Å². The Balaban J connectivity index is 1.84. The lowest BCUT2D eigenvalue weighted by molar-refractivity contribution is 0.215. The van der Waals surface area contributed by atoms with Crippen LogP contribution in [-0.2, 0) is 6.54 Å². The number of nitrogens with two attached hydrogens (primary N) is 1. The van der Waals surface area contributed by atoms with E-state index in [1.807, 2.05) is 18.3 Å².